The molecule has 102 valence electrons. The fourth-order valence-corrected chi connectivity index (χ4v) is 2.69. The highest BCUT2D eigenvalue weighted by Gasteiger charge is 2.13. The zero-order chi connectivity index (χ0) is 14.6. The Hall–Kier alpha value is -2.36. The molecule has 3 N–H and O–H groups in total. The molecular formula is C14H13N3O2S. The lowest BCUT2D eigenvalue weighted by atomic mass is 10.2. The molecule has 0 saturated carbocycles. The van der Waals surface area contributed by atoms with Gasteiger partial charge in [-0.1, -0.05) is 18.2 Å². The largest absolute Gasteiger partial charge is 0.399 e. The Morgan fingerprint density at radius 2 is 1.85 bits per heavy atom. The molecule has 5 nitrogen and oxygen atoms in total. The van der Waals surface area contributed by atoms with Crippen molar-refractivity contribution >= 4 is 15.7 Å². The number of anilines is 1. The normalized spacial score (nSPS) is 10.9. The molecule has 2 aromatic rings. The highest BCUT2D eigenvalue weighted by Crippen LogP contribution is 2.12. The SMILES string of the molecule is N#Cc1cccc(S(=O)(=O)NCc2ccc(N)cc2)c1. The monoisotopic (exact) mass is 287 g/mol. The number of hydrogen-bond donors (Lipinski definition) is 2. The van der Waals surface area contributed by atoms with Gasteiger partial charge in [-0.2, -0.15) is 5.26 Å². The van der Waals surface area contributed by atoms with Crippen molar-refractivity contribution < 1.29 is 8.42 Å². The number of rotatable bonds is 4. The van der Waals surface area contributed by atoms with E-state index in [0.29, 0.717) is 11.3 Å². The average molecular weight is 287 g/mol. The number of nitrogen functional groups attached to an aromatic ring is 1. The first kappa shape index (κ1) is 14.1. The Morgan fingerprint density at radius 3 is 2.50 bits per heavy atom. The van der Waals surface area contributed by atoms with Crippen LogP contribution in [-0.4, -0.2) is 8.42 Å². The Morgan fingerprint density at radius 1 is 1.15 bits per heavy atom. The summed E-state index contributed by atoms with van der Waals surface area (Å²) in [7, 11) is -3.63. The molecule has 2 aromatic carbocycles. The van der Waals surface area contributed by atoms with Crippen LogP contribution in [0, 0.1) is 11.3 Å². The van der Waals surface area contributed by atoms with E-state index in [9.17, 15) is 8.42 Å². The average Bonchev–Trinajstić information content (AvgIpc) is 2.47. The van der Waals surface area contributed by atoms with Crippen LogP contribution in [-0.2, 0) is 16.6 Å². The van der Waals surface area contributed by atoms with Crippen molar-refractivity contribution in [3.8, 4) is 6.07 Å². The Balaban J connectivity index is 2.15. The maximum Gasteiger partial charge on any atom is 0.240 e. The number of sulfonamides is 1. The van der Waals surface area contributed by atoms with Crippen molar-refractivity contribution in [1.82, 2.24) is 4.72 Å². The van der Waals surface area contributed by atoms with Crippen molar-refractivity contribution in [2.75, 3.05) is 5.73 Å². The van der Waals surface area contributed by atoms with Gasteiger partial charge in [-0.3, -0.25) is 0 Å². The molecule has 0 fully saturated rings. The second-order valence-electron chi connectivity index (χ2n) is 4.21. The lowest BCUT2D eigenvalue weighted by Gasteiger charge is -2.07. The van der Waals surface area contributed by atoms with Gasteiger partial charge >= 0.3 is 0 Å². The molecule has 6 heteroatoms. The molecule has 0 unspecified atom stereocenters. The molecule has 0 spiro atoms. The summed E-state index contributed by atoms with van der Waals surface area (Å²) in [6.07, 6.45) is 0. The van der Waals surface area contributed by atoms with E-state index >= 15 is 0 Å². The summed E-state index contributed by atoms with van der Waals surface area (Å²) >= 11 is 0. The first-order valence-electron chi connectivity index (χ1n) is 5.85. The number of nitrogens with one attached hydrogen (secondary N) is 1. The summed E-state index contributed by atoms with van der Waals surface area (Å²) in [6, 6.07) is 14.7. The van der Waals surface area contributed by atoms with Gasteiger partial charge in [0.2, 0.25) is 10.0 Å². The molecule has 0 aliphatic carbocycles. The molecule has 20 heavy (non-hydrogen) atoms. The molecule has 0 bridgehead atoms. The predicted octanol–water partition coefficient (Wildman–Crippen LogP) is 1.62. The summed E-state index contributed by atoms with van der Waals surface area (Å²) in [5.41, 5.74) is 7.30. The second kappa shape index (κ2) is 5.74. The number of hydrogen-bond acceptors (Lipinski definition) is 4. The lowest BCUT2D eigenvalue weighted by Crippen LogP contribution is -2.23. The number of nitrogens with two attached hydrogens (primary N) is 1. The summed E-state index contributed by atoms with van der Waals surface area (Å²) in [5, 5.41) is 8.78. The van der Waals surface area contributed by atoms with Gasteiger partial charge in [-0.25, -0.2) is 13.1 Å². The van der Waals surface area contributed by atoms with Crippen LogP contribution in [0.15, 0.2) is 53.4 Å². The smallest absolute Gasteiger partial charge is 0.240 e. The van der Waals surface area contributed by atoms with Gasteiger partial charge in [0.05, 0.1) is 16.5 Å². The topological polar surface area (TPSA) is 96.0 Å². The van der Waals surface area contributed by atoms with E-state index in [4.69, 9.17) is 11.0 Å². The van der Waals surface area contributed by atoms with Gasteiger partial charge in [0.15, 0.2) is 0 Å². The Labute approximate surface area is 117 Å². The molecule has 0 aromatic heterocycles. The van der Waals surface area contributed by atoms with Gasteiger partial charge in [-0.05, 0) is 35.9 Å². The number of benzene rings is 2. The van der Waals surface area contributed by atoms with Crippen molar-refractivity contribution in [3.05, 3.63) is 59.7 Å². The fraction of sp³-hybridized carbons (Fsp3) is 0.0714. The van der Waals surface area contributed by atoms with Gasteiger partial charge < -0.3 is 5.73 Å². The van der Waals surface area contributed by atoms with E-state index in [-0.39, 0.29) is 11.4 Å². The van der Waals surface area contributed by atoms with Crippen molar-refractivity contribution in [1.29, 1.82) is 5.26 Å². The van der Waals surface area contributed by atoms with Crippen LogP contribution in [0.4, 0.5) is 5.69 Å². The zero-order valence-electron chi connectivity index (χ0n) is 10.6. The van der Waals surface area contributed by atoms with E-state index < -0.39 is 10.0 Å². The van der Waals surface area contributed by atoms with E-state index in [0.717, 1.165) is 5.56 Å². The second-order valence-corrected chi connectivity index (χ2v) is 5.97. The zero-order valence-corrected chi connectivity index (χ0v) is 11.4. The van der Waals surface area contributed by atoms with Crippen LogP contribution in [0.5, 0.6) is 0 Å². The molecule has 0 aliphatic rings. The quantitative estimate of drug-likeness (QED) is 0.835. The Bertz CT molecular complexity index is 747. The number of nitrogens with zero attached hydrogens (tertiary/aromatic N) is 1. The van der Waals surface area contributed by atoms with Crippen LogP contribution in [0.2, 0.25) is 0 Å². The van der Waals surface area contributed by atoms with Crippen molar-refractivity contribution in [3.63, 3.8) is 0 Å². The maximum atomic E-state index is 12.1. The number of nitriles is 1. The van der Waals surface area contributed by atoms with Crippen LogP contribution in [0.1, 0.15) is 11.1 Å². The fourth-order valence-electron chi connectivity index (χ4n) is 1.63. The van der Waals surface area contributed by atoms with Gasteiger partial charge in [0, 0.05) is 12.2 Å². The van der Waals surface area contributed by atoms with E-state index in [1.165, 1.54) is 18.2 Å². The van der Waals surface area contributed by atoms with E-state index in [1.807, 2.05) is 6.07 Å². The van der Waals surface area contributed by atoms with Gasteiger partial charge in [-0.15, -0.1) is 0 Å². The summed E-state index contributed by atoms with van der Waals surface area (Å²) < 4.78 is 26.7. The molecule has 2 rings (SSSR count). The molecule has 0 amide bonds. The third-order valence-electron chi connectivity index (χ3n) is 2.72. The lowest BCUT2D eigenvalue weighted by molar-refractivity contribution is 0.581. The molecule has 0 radical (unpaired) electrons. The van der Waals surface area contributed by atoms with Crippen LogP contribution >= 0.6 is 0 Å². The molecule has 0 aliphatic heterocycles. The van der Waals surface area contributed by atoms with Crippen LogP contribution in [0.25, 0.3) is 0 Å². The molecule has 0 saturated heterocycles. The van der Waals surface area contributed by atoms with Crippen molar-refractivity contribution in [2.45, 2.75) is 11.4 Å². The minimum atomic E-state index is -3.63. The molecule has 0 heterocycles. The van der Waals surface area contributed by atoms with E-state index in [2.05, 4.69) is 4.72 Å². The minimum Gasteiger partial charge on any atom is -0.399 e. The maximum absolute atomic E-state index is 12.1. The minimum absolute atomic E-state index is 0.0759. The highest BCUT2D eigenvalue weighted by molar-refractivity contribution is 7.89. The highest BCUT2D eigenvalue weighted by atomic mass is 32.2. The van der Waals surface area contributed by atoms with E-state index in [1.54, 1.807) is 30.3 Å². The third kappa shape index (κ3) is 3.35. The first-order valence-corrected chi connectivity index (χ1v) is 7.34. The predicted molar refractivity (Wildman–Crippen MR) is 76.0 cm³/mol. The molecule has 0 atom stereocenters. The van der Waals surface area contributed by atoms with Crippen LogP contribution < -0.4 is 10.5 Å². The summed E-state index contributed by atoms with van der Waals surface area (Å²) in [6.45, 7) is 0.166. The Kier molecular flexibility index (Phi) is 4.03. The third-order valence-corrected chi connectivity index (χ3v) is 4.12. The standard InChI is InChI=1S/C14H13N3O2S/c15-9-12-2-1-3-14(8-12)20(18,19)17-10-11-4-6-13(16)7-5-11/h1-8,17H,10,16H2. The summed E-state index contributed by atoms with van der Waals surface area (Å²) in [5.74, 6) is 0. The van der Waals surface area contributed by atoms with Gasteiger partial charge in [0.25, 0.3) is 0 Å². The first-order chi connectivity index (χ1) is 9.51. The van der Waals surface area contributed by atoms with Gasteiger partial charge in [0.1, 0.15) is 0 Å². The summed E-state index contributed by atoms with van der Waals surface area (Å²) in [4.78, 5) is 0.0759. The van der Waals surface area contributed by atoms with Crippen molar-refractivity contribution in [2.24, 2.45) is 0 Å². The molecular weight excluding hydrogens is 274 g/mol. The van der Waals surface area contributed by atoms with Crippen LogP contribution in [0.3, 0.4) is 0 Å².